The molecule has 1 fully saturated rings. The van der Waals surface area contributed by atoms with Crippen molar-refractivity contribution in [1.82, 2.24) is 10.2 Å². The van der Waals surface area contributed by atoms with Gasteiger partial charge in [0.05, 0.1) is 26.9 Å². The van der Waals surface area contributed by atoms with Gasteiger partial charge in [-0.1, -0.05) is 18.2 Å². The van der Waals surface area contributed by atoms with E-state index in [0.717, 1.165) is 27.8 Å². The van der Waals surface area contributed by atoms with Gasteiger partial charge in [-0.15, -0.1) is 0 Å². The highest BCUT2D eigenvalue weighted by Gasteiger charge is 2.49. The summed E-state index contributed by atoms with van der Waals surface area (Å²) in [6.07, 6.45) is 0.751. The summed E-state index contributed by atoms with van der Waals surface area (Å²) < 4.78 is 16.5. The maximum Gasteiger partial charge on any atom is 0.325 e. The number of carbonyl (C=O) groups excluding carboxylic acids is 3. The fraction of sp³-hybridized carbons (Fsp3) is 0.269. The molecule has 2 aliphatic heterocycles. The lowest BCUT2D eigenvalue weighted by Crippen LogP contribution is -2.41. The Bertz CT molecular complexity index is 1320. The number of imide groups is 1. The van der Waals surface area contributed by atoms with Crippen LogP contribution in [0, 0.1) is 0 Å². The number of hydrogen-bond donors (Lipinski definition) is 1. The normalized spacial score (nSPS) is 19.6. The number of hydrogen-bond acceptors (Lipinski definition) is 6. The molecule has 0 bridgehead atoms. The predicted octanol–water partition coefficient (Wildman–Crippen LogP) is 3.66. The van der Waals surface area contributed by atoms with Crippen molar-refractivity contribution < 1.29 is 28.6 Å². The summed E-state index contributed by atoms with van der Waals surface area (Å²) in [6.45, 7) is 2.32. The summed E-state index contributed by atoms with van der Waals surface area (Å²) in [6, 6.07) is 15.5. The van der Waals surface area contributed by atoms with Gasteiger partial charge in [0.1, 0.15) is 11.3 Å². The number of benzene rings is 3. The molecule has 5 rings (SSSR count). The first-order chi connectivity index (χ1) is 16.4. The smallest absolute Gasteiger partial charge is 0.325 e. The molecule has 0 aromatic heterocycles. The fourth-order valence-electron chi connectivity index (χ4n) is 4.27. The van der Waals surface area contributed by atoms with Gasteiger partial charge in [-0.25, -0.2) is 4.79 Å². The van der Waals surface area contributed by atoms with Gasteiger partial charge in [-0.2, -0.15) is 0 Å². The lowest BCUT2D eigenvalue weighted by atomic mass is 9.90. The minimum Gasteiger partial charge on any atom is -0.497 e. The Morgan fingerprint density at radius 1 is 1.00 bits per heavy atom. The minimum atomic E-state index is -1.28. The molecule has 34 heavy (non-hydrogen) atoms. The molecule has 174 valence electrons. The Morgan fingerprint density at radius 3 is 2.53 bits per heavy atom. The monoisotopic (exact) mass is 460 g/mol. The Kier molecular flexibility index (Phi) is 5.36. The van der Waals surface area contributed by atoms with E-state index >= 15 is 0 Å². The SMILES string of the molecule is COc1ccc2cc([C@@]3(C)NC(=O)N(CC(=O)c4ccc5c(c4)OCCCO5)C3=O)ccc2c1. The molecule has 1 N–H and O–H groups in total. The van der Waals surface area contributed by atoms with Crippen molar-refractivity contribution in [2.75, 3.05) is 26.9 Å². The number of ether oxygens (including phenoxy) is 3. The maximum atomic E-state index is 13.3. The van der Waals surface area contributed by atoms with Crippen LogP contribution in [-0.4, -0.2) is 49.5 Å². The molecular formula is C26H24N2O6. The second-order valence-corrected chi connectivity index (χ2v) is 8.51. The number of Topliss-reactive ketones (excluding diaryl/α,β-unsaturated/α-hetero) is 1. The lowest BCUT2D eigenvalue weighted by molar-refractivity contribution is -0.130. The fourth-order valence-corrected chi connectivity index (χ4v) is 4.27. The molecule has 8 nitrogen and oxygen atoms in total. The van der Waals surface area contributed by atoms with E-state index in [-0.39, 0.29) is 12.3 Å². The minimum absolute atomic E-state index is 0.345. The van der Waals surface area contributed by atoms with Crippen molar-refractivity contribution in [1.29, 1.82) is 0 Å². The maximum absolute atomic E-state index is 13.3. The number of nitrogens with one attached hydrogen (secondary N) is 1. The van der Waals surface area contributed by atoms with Crippen LogP contribution >= 0.6 is 0 Å². The van der Waals surface area contributed by atoms with Gasteiger partial charge < -0.3 is 19.5 Å². The van der Waals surface area contributed by atoms with E-state index in [1.54, 1.807) is 38.3 Å². The summed E-state index contributed by atoms with van der Waals surface area (Å²) in [4.78, 5) is 40.0. The van der Waals surface area contributed by atoms with Crippen LogP contribution in [0.5, 0.6) is 17.2 Å². The highest BCUT2D eigenvalue weighted by Crippen LogP contribution is 2.33. The van der Waals surface area contributed by atoms with Crippen LogP contribution in [0.2, 0.25) is 0 Å². The molecule has 3 aromatic rings. The topological polar surface area (TPSA) is 94.2 Å². The second kappa shape index (κ2) is 8.37. The van der Waals surface area contributed by atoms with Crippen LogP contribution in [0.1, 0.15) is 29.3 Å². The summed E-state index contributed by atoms with van der Waals surface area (Å²) in [5.41, 5.74) is -0.303. The summed E-state index contributed by atoms with van der Waals surface area (Å²) in [5.74, 6) is 0.946. The Hall–Kier alpha value is -4.07. The highest BCUT2D eigenvalue weighted by atomic mass is 16.5. The third-order valence-corrected chi connectivity index (χ3v) is 6.27. The standard InChI is InChI=1S/C26H24N2O6/c1-26(19-7-4-17-13-20(32-2)8-5-16(17)12-19)24(30)28(25(31)27-26)15-21(29)18-6-9-22-23(14-18)34-11-3-10-33-22/h4-9,12-14H,3,10-11,15H2,1-2H3,(H,27,31)/t26-/m1/s1. The van der Waals surface area contributed by atoms with Gasteiger partial charge in [-0.05, 0) is 59.7 Å². The number of methoxy groups -OCH3 is 1. The number of urea groups is 1. The van der Waals surface area contributed by atoms with Gasteiger partial charge in [0.2, 0.25) is 0 Å². The van der Waals surface area contributed by atoms with Gasteiger partial charge in [0.15, 0.2) is 17.3 Å². The zero-order valence-corrected chi connectivity index (χ0v) is 18.9. The van der Waals surface area contributed by atoms with E-state index in [0.29, 0.717) is 35.8 Å². The largest absolute Gasteiger partial charge is 0.497 e. The van der Waals surface area contributed by atoms with Crippen molar-refractivity contribution >= 4 is 28.5 Å². The molecule has 2 aliphatic rings. The number of carbonyl (C=O) groups is 3. The first-order valence-electron chi connectivity index (χ1n) is 11.0. The third-order valence-electron chi connectivity index (χ3n) is 6.27. The second-order valence-electron chi connectivity index (χ2n) is 8.51. The molecule has 0 aliphatic carbocycles. The van der Waals surface area contributed by atoms with Gasteiger partial charge >= 0.3 is 6.03 Å². The Labute approximate surface area is 196 Å². The zero-order chi connectivity index (χ0) is 23.9. The van der Waals surface area contributed by atoms with Crippen LogP contribution in [0.15, 0.2) is 54.6 Å². The van der Waals surface area contributed by atoms with Crippen LogP contribution in [0.3, 0.4) is 0 Å². The number of nitrogens with zero attached hydrogens (tertiary/aromatic N) is 1. The average molecular weight is 460 g/mol. The van der Waals surface area contributed by atoms with E-state index in [4.69, 9.17) is 14.2 Å². The molecule has 1 saturated heterocycles. The molecule has 0 saturated carbocycles. The molecule has 1 atom stereocenters. The third kappa shape index (κ3) is 3.71. The number of rotatable bonds is 5. The molecule has 8 heteroatoms. The molecular weight excluding hydrogens is 436 g/mol. The van der Waals surface area contributed by atoms with E-state index in [9.17, 15) is 14.4 Å². The number of ketones is 1. The predicted molar refractivity (Wildman–Crippen MR) is 124 cm³/mol. The zero-order valence-electron chi connectivity index (χ0n) is 18.9. The van der Waals surface area contributed by atoms with Crippen molar-refractivity contribution in [3.05, 3.63) is 65.7 Å². The number of amides is 3. The van der Waals surface area contributed by atoms with E-state index in [2.05, 4.69) is 5.32 Å². The van der Waals surface area contributed by atoms with Crippen molar-refractivity contribution in [3.63, 3.8) is 0 Å². The summed E-state index contributed by atoms with van der Waals surface area (Å²) >= 11 is 0. The summed E-state index contributed by atoms with van der Waals surface area (Å²) in [7, 11) is 1.60. The van der Waals surface area contributed by atoms with Crippen LogP contribution in [0.4, 0.5) is 4.79 Å². The molecule has 2 heterocycles. The van der Waals surface area contributed by atoms with Gasteiger partial charge in [0, 0.05) is 12.0 Å². The van der Waals surface area contributed by atoms with Crippen molar-refractivity contribution in [2.24, 2.45) is 0 Å². The number of fused-ring (bicyclic) bond motifs is 2. The first-order valence-corrected chi connectivity index (χ1v) is 11.0. The first kappa shape index (κ1) is 21.8. The molecule has 0 spiro atoms. The highest BCUT2D eigenvalue weighted by molar-refractivity contribution is 6.11. The van der Waals surface area contributed by atoms with E-state index in [1.165, 1.54) is 0 Å². The van der Waals surface area contributed by atoms with Crippen molar-refractivity contribution in [3.8, 4) is 17.2 Å². The van der Waals surface area contributed by atoms with Gasteiger partial charge in [-0.3, -0.25) is 14.5 Å². The van der Waals surface area contributed by atoms with E-state index < -0.39 is 17.5 Å². The molecule has 0 unspecified atom stereocenters. The van der Waals surface area contributed by atoms with Crippen LogP contribution in [-0.2, 0) is 10.3 Å². The molecule has 0 radical (unpaired) electrons. The van der Waals surface area contributed by atoms with Crippen LogP contribution in [0.25, 0.3) is 10.8 Å². The van der Waals surface area contributed by atoms with Crippen LogP contribution < -0.4 is 19.5 Å². The molecule has 3 aromatic carbocycles. The summed E-state index contributed by atoms with van der Waals surface area (Å²) in [5, 5.41) is 4.62. The average Bonchev–Trinajstić information content (AvgIpc) is 3.01. The molecule has 3 amide bonds. The van der Waals surface area contributed by atoms with Gasteiger partial charge in [0.25, 0.3) is 5.91 Å². The lowest BCUT2D eigenvalue weighted by Gasteiger charge is -2.22. The van der Waals surface area contributed by atoms with Crippen molar-refractivity contribution in [2.45, 2.75) is 18.9 Å². The quantitative estimate of drug-likeness (QED) is 0.461. The Morgan fingerprint density at radius 2 is 1.74 bits per heavy atom. The Balaban J connectivity index is 1.38. The van der Waals surface area contributed by atoms with E-state index in [1.807, 2.05) is 30.3 Å².